The number of amides is 1. The Balaban J connectivity index is 1.85. The van der Waals surface area contributed by atoms with Crippen LogP contribution in [0, 0.1) is 0 Å². The van der Waals surface area contributed by atoms with Crippen molar-refractivity contribution in [2.45, 2.75) is 13.0 Å². The summed E-state index contributed by atoms with van der Waals surface area (Å²) in [4.78, 5) is 18.3. The fourth-order valence-corrected chi connectivity index (χ4v) is 2.55. The lowest BCUT2D eigenvalue weighted by Crippen LogP contribution is -2.37. The summed E-state index contributed by atoms with van der Waals surface area (Å²) >= 11 is 6.04. The molecule has 0 fully saturated rings. The van der Waals surface area contributed by atoms with E-state index in [1.807, 2.05) is 41.3 Å². The summed E-state index contributed by atoms with van der Waals surface area (Å²) in [5.41, 5.74) is 2.81. The van der Waals surface area contributed by atoms with E-state index in [-0.39, 0.29) is 5.91 Å². The van der Waals surface area contributed by atoms with Crippen molar-refractivity contribution >= 4 is 17.5 Å². The number of aromatic nitrogens is 1. The minimum absolute atomic E-state index is 0.0711. The third-order valence-corrected chi connectivity index (χ3v) is 3.72. The number of nitrogens with zero attached hydrogens (tertiary/aromatic N) is 2. The first-order valence-electron chi connectivity index (χ1n) is 6.22. The second-order valence-electron chi connectivity index (χ2n) is 4.59. The molecule has 1 aromatic heterocycles. The first kappa shape index (κ1) is 12.2. The topological polar surface area (TPSA) is 33.2 Å². The molecule has 0 saturated heterocycles. The molecule has 0 unspecified atom stereocenters. The van der Waals surface area contributed by atoms with Crippen molar-refractivity contribution in [3.05, 3.63) is 64.4 Å². The number of carbonyl (C=O) groups excluding carboxylic acids is 1. The Bertz CT molecular complexity index is 627. The highest BCUT2D eigenvalue weighted by Crippen LogP contribution is 2.22. The zero-order valence-electron chi connectivity index (χ0n) is 10.3. The number of rotatable bonds is 2. The monoisotopic (exact) mass is 272 g/mol. The van der Waals surface area contributed by atoms with Gasteiger partial charge in [0.15, 0.2) is 0 Å². The predicted molar refractivity (Wildman–Crippen MR) is 74.1 cm³/mol. The van der Waals surface area contributed by atoms with Crippen molar-refractivity contribution in [1.82, 2.24) is 9.88 Å². The van der Waals surface area contributed by atoms with E-state index in [2.05, 4.69) is 4.98 Å². The molecule has 4 heteroatoms. The van der Waals surface area contributed by atoms with Crippen molar-refractivity contribution in [3.63, 3.8) is 0 Å². The van der Waals surface area contributed by atoms with Crippen LogP contribution in [0.4, 0.5) is 0 Å². The number of hydrogen-bond donors (Lipinski definition) is 0. The van der Waals surface area contributed by atoms with Crippen LogP contribution in [0.1, 0.15) is 21.5 Å². The van der Waals surface area contributed by atoms with Gasteiger partial charge in [0.2, 0.25) is 0 Å². The lowest BCUT2D eigenvalue weighted by molar-refractivity contribution is 0.0727. The minimum Gasteiger partial charge on any atom is -0.334 e. The fraction of sp³-hybridized carbons (Fsp3) is 0.200. The Kier molecular flexibility index (Phi) is 3.22. The third-order valence-electron chi connectivity index (χ3n) is 3.38. The van der Waals surface area contributed by atoms with Crippen LogP contribution in [0.15, 0.2) is 42.6 Å². The van der Waals surface area contributed by atoms with Crippen LogP contribution in [-0.2, 0) is 13.0 Å². The van der Waals surface area contributed by atoms with Crippen molar-refractivity contribution < 1.29 is 4.79 Å². The van der Waals surface area contributed by atoms with Crippen molar-refractivity contribution in [2.24, 2.45) is 0 Å². The molecule has 0 spiro atoms. The van der Waals surface area contributed by atoms with Crippen LogP contribution in [0.25, 0.3) is 0 Å². The van der Waals surface area contributed by atoms with Gasteiger partial charge in [0.1, 0.15) is 5.15 Å². The average Bonchev–Trinajstić information content (AvgIpc) is 2.44. The maximum atomic E-state index is 12.4. The highest BCUT2D eigenvalue weighted by atomic mass is 35.5. The highest BCUT2D eigenvalue weighted by Gasteiger charge is 2.24. The Labute approximate surface area is 116 Å². The summed E-state index contributed by atoms with van der Waals surface area (Å²) in [6, 6.07) is 11.5. The number of halogens is 1. The smallest absolute Gasteiger partial charge is 0.254 e. The first-order chi connectivity index (χ1) is 9.25. The Hall–Kier alpha value is -1.87. The molecule has 1 aliphatic heterocycles. The normalized spacial score (nSPS) is 14.4. The molecule has 3 nitrogen and oxygen atoms in total. The Morgan fingerprint density at radius 1 is 1.21 bits per heavy atom. The van der Waals surface area contributed by atoms with Gasteiger partial charge in [-0.2, -0.15) is 0 Å². The molecule has 0 radical (unpaired) electrons. The summed E-state index contributed by atoms with van der Waals surface area (Å²) in [5, 5.41) is 0.467. The molecule has 1 aromatic carbocycles. The minimum atomic E-state index is 0.0711. The molecule has 0 atom stereocenters. The van der Waals surface area contributed by atoms with Crippen molar-refractivity contribution in [3.8, 4) is 0 Å². The standard InChI is InChI=1S/C15H13ClN2O/c16-14-12(5-3-8-17-14)10-18-9-7-11-4-1-2-6-13(11)15(18)19/h1-6,8H,7,9-10H2. The lowest BCUT2D eigenvalue weighted by atomic mass is 9.99. The van der Waals surface area contributed by atoms with Gasteiger partial charge in [-0.15, -0.1) is 0 Å². The number of carbonyl (C=O) groups is 1. The van der Waals surface area contributed by atoms with Crippen LogP contribution >= 0.6 is 11.6 Å². The third kappa shape index (κ3) is 2.34. The van der Waals surface area contributed by atoms with Gasteiger partial charge < -0.3 is 4.90 Å². The summed E-state index contributed by atoms with van der Waals surface area (Å²) in [7, 11) is 0. The maximum absolute atomic E-state index is 12.4. The molecule has 1 aliphatic rings. The largest absolute Gasteiger partial charge is 0.334 e. The van der Waals surface area contributed by atoms with Crippen LogP contribution < -0.4 is 0 Å². The number of benzene rings is 1. The molecule has 3 rings (SSSR count). The number of fused-ring (bicyclic) bond motifs is 1. The number of pyridine rings is 1. The van der Waals surface area contributed by atoms with Gasteiger partial charge in [-0.05, 0) is 24.1 Å². The van der Waals surface area contributed by atoms with E-state index in [1.165, 1.54) is 0 Å². The molecular weight excluding hydrogens is 260 g/mol. The second-order valence-corrected chi connectivity index (χ2v) is 4.95. The quantitative estimate of drug-likeness (QED) is 0.788. The van der Waals surface area contributed by atoms with Gasteiger partial charge >= 0.3 is 0 Å². The molecule has 0 aliphatic carbocycles. The highest BCUT2D eigenvalue weighted by molar-refractivity contribution is 6.30. The molecule has 2 heterocycles. The van der Waals surface area contributed by atoms with Gasteiger partial charge in [-0.25, -0.2) is 4.98 Å². The van der Waals surface area contributed by atoms with Crippen LogP contribution in [0.3, 0.4) is 0 Å². The van der Waals surface area contributed by atoms with Gasteiger partial charge in [0.25, 0.3) is 5.91 Å². The second kappa shape index (κ2) is 5.02. The zero-order chi connectivity index (χ0) is 13.2. The van der Waals surface area contributed by atoms with E-state index in [1.54, 1.807) is 6.20 Å². The summed E-state index contributed by atoms with van der Waals surface area (Å²) in [6.45, 7) is 1.24. The van der Waals surface area contributed by atoms with E-state index < -0.39 is 0 Å². The van der Waals surface area contributed by atoms with E-state index in [4.69, 9.17) is 11.6 Å². The molecule has 96 valence electrons. The van der Waals surface area contributed by atoms with Gasteiger partial charge in [-0.3, -0.25) is 4.79 Å². The first-order valence-corrected chi connectivity index (χ1v) is 6.60. The van der Waals surface area contributed by atoms with Crippen LogP contribution in [0.5, 0.6) is 0 Å². The Morgan fingerprint density at radius 2 is 2.05 bits per heavy atom. The molecule has 0 saturated carbocycles. The van der Waals surface area contributed by atoms with Crippen molar-refractivity contribution in [2.75, 3.05) is 6.54 Å². The summed E-state index contributed by atoms with van der Waals surface area (Å²) < 4.78 is 0. The summed E-state index contributed by atoms with van der Waals surface area (Å²) in [5.74, 6) is 0.0711. The molecule has 1 amide bonds. The zero-order valence-corrected chi connectivity index (χ0v) is 11.1. The summed E-state index contributed by atoms with van der Waals surface area (Å²) in [6.07, 6.45) is 2.54. The molecule has 2 aromatic rings. The van der Waals surface area contributed by atoms with Gasteiger partial charge in [0.05, 0.1) is 0 Å². The van der Waals surface area contributed by atoms with Gasteiger partial charge in [-0.1, -0.05) is 35.9 Å². The van der Waals surface area contributed by atoms with E-state index >= 15 is 0 Å². The van der Waals surface area contributed by atoms with Crippen LogP contribution in [0.2, 0.25) is 5.15 Å². The van der Waals surface area contributed by atoms with Crippen LogP contribution in [-0.4, -0.2) is 22.3 Å². The predicted octanol–water partition coefficient (Wildman–Crippen LogP) is 2.93. The molecular formula is C15H13ClN2O. The molecule has 0 bridgehead atoms. The molecule has 19 heavy (non-hydrogen) atoms. The molecule has 0 N–H and O–H groups in total. The fourth-order valence-electron chi connectivity index (χ4n) is 2.37. The van der Waals surface area contributed by atoms with E-state index in [9.17, 15) is 4.79 Å². The lowest BCUT2D eigenvalue weighted by Gasteiger charge is -2.28. The van der Waals surface area contributed by atoms with E-state index in [0.29, 0.717) is 11.7 Å². The number of hydrogen-bond acceptors (Lipinski definition) is 2. The van der Waals surface area contributed by atoms with Gasteiger partial charge in [0, 0.05) is 30.4 Å². The SMILES string of the molecule is O=C1c2ccccc2CCN1Cc1cccnc1Cl. The average molecular weight is 273 g/mol. The Morgan fingerprint density at radius 3 is 2.89 bits per heavy atom. The van der Waals surface area contributed by atoms with E-state index in [0.717, 1.165) is 29.7 Å². The van der Waals surface area contributed by atoms with Crippen molar-refractivity contribution in [1.29, 1.82) is 0 Å². The maximum Gasteiger partial charge on any atom is 0.254 e.